The summed E-state index contributed by atoms with van der Waals surface area (Å²) in [6.07, 6.45) is 0. The molecule has 0 aliphatic rings. The molecule has 7 nitrogen and oxygen atoms in total. The predicted molar refractivity (Wildman–Crippen MR) is 50.6 cm³/mol. The Hall–Kier alpha value is -0.820. The van der Waals surface area contributed by atoms with Gasteiger partial charge in [0, 0.05) is 11.5 Å². The van der Waals surface area contributed by atoms with E-state index < -0.39 is 9.84 Å². The number of hydrogen-bond donors (Lipinski definition) is 1. The quantitative estimate of drug-likeness (QED) is 0.264. The third kappa shape index (κ3) is 7.81. The number of rotatable bonds is 8. The molecule has 8 heteroatoms. The molecule has 0 fully saturated rings. The van der Waals surface area contributed by atoms with Gasteiger partial charge >= 0.3 is 0 Å². The van der Waals surface area contributed by atoms with Crippen LogP contribution in [-0.4, -0.2) is 51.4 Å². The number of hydrogen-bond acceptors (Lipinski definition) is 5. The van der Waals surface area contributed by atoms with Crippen LogP contribution in [0.25, 0.3) is 10.4 Å². The van der Waals surface area contributed by atoms with Crippen molar-refractivity contribution in [1.29, 1.82) is 0 Å². The number of sulfone groups is 1. The van der Waals surface area contributed by atoms with Gasteiger partial charge in [-0.15, -0.1) is 0 Å². The third-order valence-electron chi connectivity index (χ3n) is 1.34. The highest BCUT2D eigenvalue weighted by Gasteiger charge is 2.08. The Bertz CT molecular complexity index is 283. The van der Waals surface area contributed by atoms with Gasteiger partial charge in [-0.25, -0.2) is 8.42 Å². The van der Waals surface area contributed by atoms with Crippen LogP contribution in [0.1, 0.15) is 0 Å². The molecule has 0 amide bonds. The van der Waals surface area contributed by atoms with Gasteiger partial charge in [0.25, 0.3) is 0 Å². The summed E-state index contributed by atoms with van der Waals surface area (Å²) >= 11 is 0. The molecule has 0 aromatic carbocycles. The van der Waals surface area contributed by atoms with Crippen LogP contribution in [0, 0.1) is 0 Å². The number of azide groups is 1. The van der Waals surface area contributed by atoms with Crippen molar-refractivity contribution in [2.75, 3.05) is 37.9 Å². The molecular formula is C6H13N3O4S. The highest BCUT2D eigenvalue weighted by Crippen LogP contribution is 1.90. The van der Waals surface area contributed by atoms with Crippen molar-refractivity contribution >= 4 is 9.84 Å². The fourth-order valence-corrected chi connectivity index (χ4v) is 1.53. The zero-order valence-corrected chi connectivity index (χ0v) is 8.48. The highest BCUT2D eigenvalue weighted by molar-refractivity contribution is 7.91. The van der Waals surface area contributed by atoms with E-state index >= 15 is 0 Å². The van der Waals surface area contributed by atoms with E-state index in [4.69, 9.17) is 15.4 Å². The van der Waals surface area contributed by atoms with Crippen molar-refractivity contribution in [2.45, 2.75) is 0 Å². The van der Waals surface area contributed by atoms with Gasteiger partial charge in [0.05, 0.1) is 31.3 Å². The topological polar surface area (TPSA) is 112 Å². The average molecular weight is 223 g/mol. The van der Waals surface area contributed by atoms with Crippen LogP contribution in [-0.2, 0) is 14.6 Å². The molecule has 0 aromatic heterocycles. The Morgan fingerprint density at radius 3 is 2.64 bits per heavy atom. The van der Waals surface area contributed by atoms with Gasteiger partial charge < -0.3 is 9.84 Å². The molecule has 0 radical (unpaired) electrons. The zero-order valence-electron chi connectivity index (χ0n) is 7.66. The first-order valence-electron chi connectivity index (χ1n) is 4.02. The minimum atomic E-state index is -3.20. The monoisotopic (exact) mass is 223 g/mol. The van der Waals surface area contributed by atoms with Crippen LogP contribution in [0.5, 0.6) is 0 Å². The summed E-state index contributed by atoms with van der Waals surface area (Å²) < 4.78 is 26.9. The molecule has 0 atom stereocenters. The van der Waals surface area contributed by atoms with Crippen molar-refractivity contribution in [3.63, 3.8) is 0 Å². The van der Waals surface area contributed by atoms with Gasteiger partial charge in [0.15, 0.2) is 9.84 Å². The van der Waals surface area contributed by atoms with Crippen LogP contribution in [0.3, 0.4) is 0 Å². The summed E-state index contributed by atoms with van der Waals surface area (Å²) in [6.45, 7) is 0.0829. The molecule has 0 aliphatic carbocycles. The van der Waals surface area contributed by atoms with Gasteiger partial charge in [-0.3, -0.25) is 0 Å². The standard InChI is InChI=1S/C6H13N3O4S/c7-9-8-1-3-13-4-6-14(11,12)5-2-10/h10H,1-6H2. The lowest BCUT2D eigenvalue weighted by atomic mass is 10.7. The SMILES string of the molecule is [N-]=[N+]=NCCOCCS(=O)(=O)CCO. The fourth-order valence-electron chi connectivity index (χ4n) is 0.679. The second-order valence-electron chi connectivity index (χ2n) is 2.44. The molecule has 0 aliphatic heterocycles. The Labute approximate surface area is 82.2 Å². The summed E-state index contributed by atoms with van der Waals surface area (Å²) in [4.78, 5) is 2.51. The van der Waals surface area contributed by atoms with E-state index in [0.29, 0.717) is 0 Å². The average Bonchev–Trinajstić information content (AvgIpc) is 2.11. The predicted octanol–water partition coefficient (Wildman–Crippen LogP) is -0.280. The molecule has 0 spiro atoms. The number of aliphatic hydroxyl groups is 1. The molecule has 0 rings (SSSR count). The van der Waals surface area contributed by atoms with Crippen molar-refractivity contribution in [1.82, 2.24) is 0 Å². The van der Waals surface area contributed by atoms with Crippen LogP contribution >= 0.6 is 0 Å². The Balaban J connectivity index is 3.49. The maximum Gasteiger partial charge on any atom is 0.154 e. The highest BCUT2D eigenvalue weighted by atomic mass is 32.2. The molecule has 82 valence electrons. The minimum Gasteiger partial charge on any atom is -0.395 e. The van der Waals surface area contributed by atoms with Gasteiger partial charge in [-0.05, 0) is 5.53 Å². The third-order valence-corrected chi connectivity index (χ3v) is 2.93. The summed E-state index contributed by atoms with van der Waals surface area (Å²) in [5.74, 6) is -0.365. The van der Waals surface area contributed by atoms with Gasteiger partial charge in [-0.2, -0.15) is 0 Å². The Morgan fingerprint density at radius 2 is 2.07 bits per heavy atom. The molecule has 1 N–H and O–H groups in total. The van der Waals surface area contributed by atoms with Gasteiger partial charge in [-0.1, -0.05) is 5.11 Å². The van der Waals surface area contributed by atoms with Crippen molar-refractivity contribution < 1.29 is 18.3 Å². The van der Waals surface area contributed by atoms with Crippen molar-refractivity contribution in [3.05, 3.63) is 10.4 Å². The Kier molecular flexibility index (Phi) is 7.13. The van der Waals surface area contributed by atoms with Crippen molar-refractivity contribution in [3.8, 4) is 0 Å². The number of nitrogens with zero attached hydrogens (tertiary/aromatic N) is 3. The minimum absolute atomic E-state index is 0.0588. The lowest BCUT2D eigenvalue weighted by molar-refractivity contribution is 0.157. The molecule has 0 unspecified atom stereocenters. The second-order valence-corrected chi connectivity index (χ2v) is 4.75. The van der Waals surface area contributed by atoms with E-state index in [0.717, 1.165) is 0 Å². The van der Waals surface area contributed by atoms with Crippen molar-refractivity contribution in [2.24, 2.45) is 5.11 Å². The molecular weight excluding hydrogens is 210 g/mol. The Morgan fingerprint density at radius 1 is 1.36 bits per heavy atom. The van der Waals surface area contributed by atoms with Gasteiger partial charge in [0.2, 0.25) is 0 Å². The maximum atomic E-state index is 11.0. The van der Waals surface area contributed by atoms with Crippen LogP contribution in [0.2, 0.25) is 0 Å². The summed E-state index contributed by atoms with van der Waals surface area (Å²) in [6, 6.07) is 0. The number of aliphatic hydroxyl groups excluding tert-OH is 1. The van der Waals surface area contributed by atoms with Gasteiger partial charge in [0.1, 0.15) is 0 Å². The molecule has 0 aromatic rings. The second kappa shape index (κ2) is 7.57. The summed E-state index contributed by atoms with van der Waals surface area (Å²) in [5.41, 5.74) is 7.90. The first kappa shape index (κ1) is 13.2. The lowest BCUT2D eigenvalue weighted by Crippen LogP contribution is -2.18. The van der Waals surface area contributed by atoms with E-state index in [2.05, 4.69) is 10.0 Å². The zero-order chi connectivity index (χ0) is 10.9. The van der Waals surface area contributed by atoms with Crippen LogP contribution < -0.4 is 0 Å². The number of ether oxygens (including phenoxy) is 1. The first-order chi connectivity index (χ1) is 6.62. The first-order valence-corrected chi connectivity index (χ1v) is 5.84. The fraction of sp³-hybridized carbons (Fsp3) is 1.00. The molecule has 0 saturated heterocycles. The molecule has 0 saturated carbocycles. The maximum absolute atomic E-state index is 11.0. The normalized spacial score (nSPS) is 10.9. The smallest absolute Gasteiger partial charge is 0.154 e. The molecule has 14 heavy (non-hydrogen) atoms. The summed E-state index contributed by atoms with van der Waals surface area (Å²) in [7, 11) is -3.20. The largest absolute Gasteiger partial charge is 0.395 e. The summed E-state index contributed by atoms with van der Waals surface area (Å²) in [5, 5.41) is 11.6. The van der Waals surface area contributed by atoms with Crippen LogP contribution in [0.15, 0.2) is 5.11 Å². The van der Waals surface area contributed by atoms with E-state index in [-0.39, 0.29) is 37.9 Å². The lowest BCUT2D eigenvalue weighted by Gasteiger charge is -2.02. The molecule has 0 heterocycles. The van der Waals surface area contributed by atoms with E-state index in [1.54, 1.807) is 0 Å². The van der Waals surface area contributed by atoms with E-state index in [9.17, 15) is 8.42 Å². The van der Waals surface area contributed by atoms with Crippen LogP contribution in [0.4, 0.5) is 0 Å². The van der Waals surface area contributed by atoms with E-state index in [1.165, 1.54) is 0 Å². The van der Waals surface area contributed by atoms with E-state index in [1.807, 2.05) is 0 Å². The molecule has 0 bridgehead atoms.